The Balaban J connectivity index is 1.73. The van der Waals surface area contributed by atoms with E-state index in [-0.39, 0.29) is 6.61 Å². The van der Waals surface area contributed by atoms with Crippen LogP contribution >= 0.6 is 11.6 Å². The Morgan fingerprint density at radius 1 is 1.25 bits per heavy atom. The van der Waals surface area contributed by atoms with Gasteiger partial charge in [-0.25, -0.2) is 15.0 Å². The van der Waals surface area contributed by atoms with Crippen molar-refractivity contribution in [2.24, 2.45) is 0 Å². The van der Waals surface area contributed by atoms with Gasteiger partial charge < -0.3 is 25.0 Å². The lowest BCUT2D eigenvalue weighted by atomic mass is 10.1. The zero-order chi connectivity index (χ0) is 19.8. The van der Waals surface area contributed by atoms with Crippen molar-refractivity contribution in [3.63, 3.8) is 0 Å². The second kappa shape index (κ2) is 7.61. The monoisotopic (exact) mass is 405 g/mol. The molecule has 3 N–H and O–H groups in total. The van der Waals surface area contributed by atoms with Gasteiger partial charge in [-0.1, -0.05) is 23.7 Å². The summed E-state index contributed by atoms with van der Waals surface area (Å²) in [6.07, 6.45) is -2.21. The van der Waals surface area contributed by atoms with Crippen molar-refractivity contribution in [2.45, 2.75) is 31.5 Å². The fourth-order valence-electron chi connectivity index (χ4n) is 3.25. The third-order valence-electron chi connectivity index (χ3n) is 4.60. The van der Waals surface area contributed by atoms with Crippen LogP contribution in [0.25, 0.3) is 11.2 Å². The highest BCUT2D eigenvalue weighted by Crippen LogP contribution is 2.33. The molecule has 2 aromatic heterocycles. The number of aromatic nitrogens is 4. The average molecular weight is 406 g/mol. The molecule has 1 aliphatic rings. The molecule has 1 aliphatic heterocycles. The van der Waals surface area contributed by atoms with E-state index in [9.17, 15) is 10.2 Å². The first-order chi connectivity index (χ1) is 13.5. The number of fused-ring (bicyclic) bond motifs is 1. The van der Waals surface area contributed by atoms with Gasteiger partial charge >= 0.3 is 0 Å². The second-order valence-corrected chi connectivity index (χ2v) is 6.96. The Kier molecular flexibility index (Phi) is 5.17. The number of nitrogens with one attached hydrogen (secondary N) is 1. The first-order valence-corrected chi connectivity index (χ1v) is 9.10. The van der Waals surface area contributed by atoms with Crippen LogP contribution < -0.4 is 5.32 Å². The standard InChI is InChI=1S/C18H20ClN5O4/c1-9-21-16(23-11-6-4-3-5-10(11)19)13-17(22-9)24(8-20-13)18-15(26)14(25)12(28-18)7-27-2/h3-6,8,12,14-15,18,25-26H,7H2,1-2H3,(H,21,22,23)/t12-,14-,15-,18-/m1/s1. The molecule has 0 unspecified atom stereocenters. The first kappa shape index (κ1) is 19.0. The number of nitrogens with zero attached hydrogens (tertiary/aromatic N) is 4. The van der Waals surface area contributed by atoms with E-state index in [0.717, 1.165) is 0 Å². The number of hydrogen-bond acceptors (Lipinski definition) is 8. The van der Waals surface area contributed by atoms with E-state index < -0.39 is 24.5 Å². The van der Waals surface area contributed by atoms with E-state index in [1.165, 1.54) is 13.4 Å². The van der Waals surface area contributed by atoms with Crippen LogP contribution in [0.5, 0.6) is 0 Å². The molecule has 148 valence electrons. The zero-order valence-electron chi connectivity index (χ0n) is 15.3. The predicted molar refractivity (Wildman–Crippen MR) is 103 cm³/mol. The normalized spacial score (nSPS) is 24.8. The highest BCUT2D eigenvalue weighted by Gasteiger charge is 2.44. The summed E-state index contributed by atoms with van der Waals surface area (Å²) in [4.78, 5) is 13.3. The van der Waals surface area contributed by atoms with Gasteiger partial charge in [0.25, 0.3) is 0 Å². The van der Waals surface area contributed by atoms with Crippen molar-refractivity contribution < 1.29 is 19.7 Å². The molecule has 10 heteroatoms. The molecule has 9 nitrogen and oxygen atoms in total. The largest absolute Gasteiger partial charge is 0.387 e. The zero-order valence-corrected chi connectivity index (χ0v) is 16.0. The fourth-order valence-corrected chi connectivity index (χ4v) is 3.43. The quantitative estimate of drug-likeness (QED) is 0.588. The number of ether oxygens (including phenoxy) is 2. The maximum absolute atomic E-state index is 10.4. The summed E-state index contributed by atoms with van der Waals surface area (Å²) >= 11 is 6.23. The van der Waals surface area contributed by atoms with E-state index in [0.29, 0.717) is 33.5 Å². The van der Waals surface area contributed by atoms with E-state index in [1.54, 1.807) is 17.6 Å². The van der Waals surface area contributed by atoms with Gasteiger partial charge in [0.05, 0.1) is 23.6 Å². The SMILES string of the molecule is COC[C@H]1O[C@@H](n2cnc3c(Nc4ccccc4Cl)nc(C)nc32)[C@H](O)[C@@H]1O. The van der Waals surface area contributed by atoms with Crippen molar-refractivity contribution in [1.82, 2.24) is 19.5 Å². The minimum Gasteiger partial charge on any atom is -0.387 e. The molecule has 3 heterocycles. The number of aryl methyl sites for hydroxylation is 1. The smallest absolute Gasteiger partial charge is 0.167 e. The number of para-hydroxylation sites is 1. The van der Waals surface area contributed by atoms with Crippen molar-refractivity contribution in [1.29, 1.82) is 0 Å². The molecule has 4 atom stereocenters. The third-order valence-corrected chi connectivity index (χ3v) is 4.93. The van der Waals surface area contributed by atoms with Crippen LogP contribution in [0.1, 0.15) is 12.1 Å². The first-order valence-electron chi connectivity index (χ1n) is 8.73. The molecule has 0 saturated carbocycles. The topological polar surface area (TPSA) is 115 Å². The molecule has 1 aromatic carbocycles. The number of halogens is 1. The summed E-state index contributed by atoms with van der Waals surface area (Å²) in [6.45, 7) is 1.91. The van der Waals surface area contributed by atoms with E-state index in [1.807, 2.05) is 18.2 Å². The summed E-state index contributed by atoms with van der Waals surface area (Å²) < 4.78 is 12.4. The predicted octanol–water partition coefficient (Wildman–Crippen LogP) is 1.80. The number of aliphatic hydroxyl groups is 2. The minimum atomic E-state index is -1.15. The molecule has 4 rings (SSSR count). The van der Waals surface area contributed by atoms with Crippen molar-refractivity contribution in [3.8, 4) is 0 Å². The number of rotatable bonds is 5. The van der Waals surface area contributed by atoms with Gasteiger partial charge in [0.15, 0.2) is 23.2 Å². The van der Waals surface area contributed by atoms with Crippen LogP contribution in [-0.2, 0) is 9.47 Å². The molecule has 0 aliphatic carbocycles. The van der Waals surface area contributed by atoms with Crippen LogP contribution in [-0.4, -0.2) is 61.8 Å². The summed E-state index contributed by atoms with van der Waals surface area (Å²) in [5.74, 6) is 0.987. The van der Waals surface area contributed by atoms with Crippen LogP contribution in [0.2, 0.25) is 5.02 Å². The molecular weight excluding hydrogens is 386 g/mol. The molecule has 0 spiro atoms. The Morgan fingerprint density at radius 2 is 2.04 bits per heavy atom. The third kappa shape index (κ3) is 3.31. The van der Waals surface area contributed by atoms with Gasteiger partial charge in [0, 0.05) is 7.11 Å². The van der Waals surface area contributed by atoms with Crippen molar-refractivity contribution >= 4 is 34.3 Å². The van der Waals surface area contributed by atoms with E-state index >= 15 is 0 Å². The van der Waals surface area contributed by atoms with Gasteiger partial charge in [0.1, 0.15) is 24.1 Å². The minimum absolute atomic E-state index is 0.161. The lowest BCUT2D eigenvalue weighted by Crippen LogP contribution is -2.33. The molecule has 1 saturated heterocycles. The Bertz CT molecular complexity index is 997. The Hall–Kier alpha value is -2.30. The summed E-state index contributed by atoms with van der Waals surface area (Å²) in [5, 5.41) is 24.4. The van der Waals surface area contributed by atoms with Crippen molar-refractivity contribution in [3.05, 3.63) is 41.4 Å². The summed E-state index contributed by atoms with van der Waals surface area (Å²) in [7, 11) is 1.51. The molecule has 1 fully saturated rings. The van der Waals surface area contributed by atoms with Gasteiger partial charge in [-0.15, -0.1) is 0 Å². The Labute approximate surface area is 165 Å². The molecule has 0 radical (unpaired) electrons. The highest BCUT2D eigenvalue weighted by atomic mass is 35.5. The van der Waals surface area contributed by atoms with Crippen molar-refractivity contribution in [2.75, 3.05) is 19.0 Å². The molecule has 0 bridgehead atoms. The highest BCUT2D eigenvalue weighted by molar-refractivity contribution is 6.33. The van der Waals surface area contributed by atoms with Crippen LogP contribution in [0.15, 0.2) is 30.6 Å². The lowest BCUT2D eigenvalue weighted by molar-refractivity contribution is -0.0580. The van der Waals surface area contributed by atoms with Crippen LogP contribution in [0.4, 0.5) is 11.5 Å². The number of benzene rings is 1. The van der Waals surface area contributed by atoms with E-state index in [4.69, 9.17) is 21.1 Å². The van der Waals surface area contributed by atoms with Gasteiger partial charge in [0.2, 0.25) is 0 Å². The molecule has 28 heavy (non-hydrogen) atoms. The van der Waals surface area contributed by atoms with Gasteiger partial charge in [-0.05, 0) is 19.1 Å². The second-order valence-electron chi connectivity index (χ2n) is 6.55. The molecule has 3 aromatic rings. The fraction of sp³-hybridized carbons (Fsp3) is 0.389. The summed E-state index contributed by atoms with van der Waals surface area (Å²) in [5.41, 5.74) is 1.65. The number of anilines is 2. The van der Waals surface area contributed by atoms with Gasteiger partial charge in [-0.2, -0.15) is 0 Å². The van der Waals surface area contributed by atoms with Crippen LogP contribution in [0.3, 0.4) is 0 Å². The number of hydrogen-bond donors (Lipinski definition) is 3. The maximum Gasteiger partial charge on any atom is 0.167 e. The maximum atomic E-state index is 10.4. The Morgan fingerprint density at radius 3 is 2.79 bits per heavy atom. The summed E-state index contributed by atoms with van der Waals surface area (Å²) in [6, 6.07) is 7.30. The molecular formula is C18H20ClN5O4. The lowest BCUT2D eigenvalue weighted by Gasteiger charge is -2.17. The van der Waals surface area contributed by atoms with Gasteiger partial charge in [-0.3, -0.25) is 4.57 Å². The average Bonchev–Trinajstić information content (AvgIpc) is 3.20. The van der Waals surface area contributed by atoms with Crippen LogP contribution in [0, 0.1) is 6.92 Å². The number of methoxy groups -OCH3 is 1. The van der Waals surface area contributed by atoms with E-state index in [2.05, 4.69) is 20.3 Å². The molecule has 0 amide bonds. The number of imidazole rings is 1. The number of aliphatic hydroxyl groups excluding tert-OH is 2.